The molecule has 0 bridgehead atoms. The van der Waals surface area contributed by atoms with E-state index in [0.717, 1.165) is 17.4 Å². The predicted octanol–water partition coefficient (Wildman–Crippen LogP) is 2.42. The molecule has 0 amide bonds. The average Bonchev–Trinajstić information content (AvgIpc) is 2.10. The molecule has 60 valence electrons. The van der Waals surface area contributed by atoms with E-state index >= 15 is 0 Å². The van der Waals surface area contributed by atoms with Gasteiger partial charge in [0.1, 0.15) is 6.07 Å². The fraction of sp³-hybridized carbons (Fsp3) is 0.100. The van der Waals surface area contributed by atoms with Gasteiger partial charge in [-0.15, -0.1) is 0 Å². The average molecular weight is 159 g/mol. The lowest BCUT2D eigenvalue weighted by molar-refractivity contribution is 0.476. The van der Waals surface area contributed by atoms with Crippen LogP contribution in [0.15, 0.2) is 30.5 Å². The van der Waals surface area contributed by atoms with Gasteiger partial charge >= 0.3 is 0 Å². The first-order valence-electron chi connectivity index (χ1n) is 3.59. The minimum atomic E-state index is 0.287. The molecule has 0 saturated carbocycles. The van der Waals surface area contributed by atoms with Crippen LogP contribution in [0.5, 0.6) is 0 Å². The lowest BCUT2D eigenvalue weighted by atomic mass is 10.1. The maximum atomic E-state index is 8.66. The quantitative estimate of drug-likeness (QED) is 0.505. The van der Waals surface area contributed by atoms with E-state index in [0.29, 0.717) is 0 Å². The third kappa shape index (κ3) is 1.64. The Morgan fingerprint density at radius 2 is 2.00 bits per heavy atom. The summed E-state index contributed by atoms with van der Waals surface area (Å²) < 4.78 is 0. The molecule has 1 aromatic rings. The van der Waals surface area contributed by atoms with Crippen molar-refractivity contribution >= 4 is 5.57 Å². The van der Waals surface area contributed by atoms with E-state index < -0.39 is 0 Å². The first-order chi connectivity index (χ1) is 5.77. The third-order valence-electron chi connectivity index (χ3n) is 1.61. The van der Waals surface area contributed by atoms with Crippen molar-refractivity contribution in [2.75, 3.05) is 0 Å². The van der Waals surface area contributed by atoms with Gasteiger partial charge in [0.05, 0.1) is 11.8 Å². The van der Waals surface area contributed by atoms with Crippen LogP contribution < -0.4 is 0 Å². The Bertz CT molecular complexity index is 330. The van der Waals surface area contributed by atoms with E-state index in [4.69, 9.17) is 10.4 Å². The topological polar surface area (TPSA) is 44.0 Å². The van der Waals surface area contributed by atoms with E-state index in [9.17, 15) is 0 Å². The molecular formula is C10H9NO. The highest BCUT2D eigenvalue weighted by Crippen LogP contribution is 2.12. The van der Waals surface area contributed by atoms with Crippen LogP contribution in [0.2, 0.25) is 0 Å². The second-order valence-corrected chi connectivity index (χ2v) is 2.52. The van der Waals surface area contributed by atoms with Crippen LogP contribution in [0.1, 0.15) is 11.1 Å². The summed E-state index contributed by atoms with van der Waals surface area (Å²) in [6, 6.07) is 9.31. The van der Waals surface area contributed by atoms with E-state index in [1.165, 1.54) is 0 Å². The summed E-state index contributed by atoms with van der Waals surface area (Å²) in [6.45, 7) is 1.97. The highest BCUT2D eigenvalue weighted by Gasteiger charge is 1.98. The van der Waals surface area contributed by atoms with Gasteiger partial charge in [0.25, 0.3) is 0 Å². The van der Waals surface area contributed by atoms with Crippen LogP contribution in [-0.2, 0) is 0 Å². The standard InChI is InChI=1S/C10H9NO/c1-8-2-4-9(5-3-8)10(6-11)7-12/h2-5,7,12H,1H3. The lowest BCUT2D eigenvalue weighted by Gasteiger charge is -1.96. The Kier molecular flexibility index (Phi) is 2.49. The molecule has 0 radical (unpaired) electrons. The first-order valence-corrected chi connectivity index (χ1v) is 3.59. The molecule has 0 spiro atoms. The predicted molar refractivity (Wildman–Crippen MR) is 47.4 cm³/mol. The minimum absolute atomic E-state index is 0.287. The maximum Gasteiger partial charge on any atom is 0.103 e. The van der Waals surface area contributed by atoms with Crippen molar-refractivity contribution in [1.29, 1.82) is 5.26 Å². The van der Waals surface area contributed by atoms with Crippen molar-refractivity contribution in [3.05, 3.63) is 41.7 Å². The van der Waals surface area contributed by atoms with Crippen LogP contribution in [0.25, 0.3) is 5.57 Å². The summed E-state index contributed by atoms with van der Waals surface area (Å²) in [5.41, 5.74) is 2.16. The molecule has 2 nitrogen and oxygen atoms in total. The Hall–Kier alpha value is -1.75. The zero-order valence-corrected chi connectivity index (χ0v) is 6.78. The van der Waals surface area contributed by atoms with Crippen LogP contribution in [-0.4, -0.2) is 5.11 Å². The second-order valence-electron chi connectivity index (χ2n) is 2.52. The molecule has 0 aliphatic heterocycles. The number of hydrogen-bond acceptors (Lipinski definition) is 2. The summed E-state index contributed by atoms with van der Waals surface area (Å²) in [5, 5.41) is 17.2. The summed E-state index contributed by atoms with van der Waals surface area (Å²) in [7, 11) is 0. The van der Waals surface area contributed by atoms with Crippen molar-refractivity contribution in [3.8, 4) is 6.07 Å². The highest BCUT2D eigenvalue weighted by molar-refractivity contribution is 5.75. The molecule has 0 unspecified atom stereocenters. The fourth-order valence-electron chi connectivity index (χ4n) is 0.901. The minimum Gasteiger partial charge on any atom is -0.514 e. The zero-order valence-electron chi connectivity index (χ0n) is 6.78. The number of aliphatic hydroxyl groups excluding tert-OH is 1. The monoisotopic (exact) mass is 159 g/mol. The molecule has 0 saturated heterocycles. The summed E-state index contributed by atoms with van der Waals surface area (Å²) in [4.78, 5) is 0. The molecule has 2 heteroatoms. The molecule has 0 fully saturated rings. The number of aryl methyl sites for hydroxylation is 1. The zero-order chi connectivity index (χ0) is 8.97. The van der Waals surface area contributed by atoms with Gasteiger partial charge in [-0.05, 0) is 12.5 Å². The lowest BCUT2D eigenvalue weighted by Crippen LogP contribution is -1.81. The number of benzene rings is 1. The maximum absolute atomic E-state index is 8.66. The van der Waals surface area contributed by atoms with Gasteiger partial charge in [-0.2, -0.15) is 5.26 Å². The number of aliphatic hydroxyl groups is 1. The van der Waals surface area contributed by atoms with E-state index in [1.54, 1.807) is 12.1 Å². The van der Waals surface area contributed by atoms with Crippen LogP contribution >= 0.6 is 0 Å². The molecule has 0 heterocycles. The van der Waals surface area contributed by atoms with Gasteiger partial charge in [0, 0.05) is 0 Å². The van der Waals surface area contributed by atoms with E-state index in [2.05, 4.69) is 0 Å². The molecule has 0 atom stereocenters. The first kappa shape index (κ1) is 8.35. The van der Waals surface area contributed by atoms with Crippen molar-refractivity contribution in [2.45, 2.75) is 6.92 Å². The third-order valence-corrected chi connectivity index (χ3v) is 1.61. The van der Waals surface area contributed by atoms with Crippen molar-refractivity contribution in [1.82, 2.24) is 0 Å². The molecule has 0 aliphatic carbocycles. The Balaban J connectivity index is 3.06. The number of hydrogen-bond donors (Lipinski definition) is 1. The second kappa shape index (κ2) is 3.59. The summed E-state index contributed by atoms with van der Waals surface area (Å²) >= 11 is 0. The number of rotatable bonds is 1. The van der Waals surface area contributed by atoms with Gasteiger partial charge in [-0.25, -0.2) is 0 Å². The fourth-order valence-corrected chi connectivity index (χ4v) is 0.901. The van der Waals surface area contributed by atoms with Crippen LogP contribution in [0.4, 0.5) is 0 Å². The number of allylic oxidation sites excluding steroid dienone is 1. The summed E-state index contributed by atoms with van der Waals surface area (Å²) in [6.07, 6.45) is 0.824. The van der Waals surface area contributed by atoms with E-state index in [-0.39, 0.29) is 5.57 Å². The summed E-state index contributed by atoms with van der Waals surface area (Å²) in [5.74, 6) is 0. The number of nitriles is 1. The van der Waals surface area contributed by atoms with Crippen LogP contribution in [0, 0.1) is 18.3 Å². The van der Waals surface area contributed by atoms with Crippen molar-refractivity contribution < 1.29 is 5.11 Å². The van der Waals surface area contributed by atoms with Gasteiger partial charge in [0.2, 0.25) is 0 Å². The molecule has 0 aromatic heterocycles. The van der Waals surface area contributed by atoms with Gasteiger partial charge in [-0.1, -0.05) is 29.8 Å². The largest absolute Gasteiger partial charge is 0.514 e. The molecule has 0 aliphatic rings. The van der Waals surface area contributed by atoms with Crippen molar-refractivity contribution in [2.24, 2.45) is 0 Å². The Labute approximate surface area is 71.4 Å². The molecule has 12 heavy (non-hydrogen) atoms. The number of nitrogens with zero attached hydrogens (tertiary/aromatic N) is 1. The smallest absolute Gasteiger partial charge is 0.103 e. The van der Waals surface area contributed by atoms with Gasteiger partial charge in [-0.3, -0.25) is 0 Å². The van der Waals surface area contributed by atoms with Gasteiger partial charge in [0.15, 0.2) is 0 Å². The van der Waals surface area contributed by atoms with E-state index in [1.807, 2.05) is 25.1 Å². The SMILES string of the molecule is Cc1ccc(C(C#N)=CO)cc1. The Morgan fingerprint density at radius 3 is 2.42 bits per heavy atom. The highest BCUT2D eigenvalue weighted by atomic mass is 16.2. The molecule has 1 aromatic carbocycles. The Morgan fingerprint density at radius 1 is 1.42 bits per heavy atom. The van der Waals surface area contributed by atoms with Gasteiger partial charge < -0.3 is 5.11 Å². The van der Waals surface area contributed by atoms with Crippen LogP contribution in [0.3, 0.4) is 0 Å². The molecular weight excluding hydrogens is 150 g/mol. The van der Waals surface area contributed by atoms with Crippen molar-refractivity contribution in [3.63, 3.8) is 0 Å². The normalized spacial score (nSPS) is 10.8. The molecule has 1 rings (SSSR count). The molecule has 1 N–H and O–H groups in total.